The molecule has 0 amide bonds. The van der Waals surface area contributed by atoms with E-state index >= 15 is 0 Å². The van der Waals surface area contributed by atoms with E-state index in [0.29, 0.717) is 0 Å². The van der Waals surface area contributed by atoms with Gasteiger partial charge in [0.1, 0.15) is 0 Å². The van der Waals surface area contributed by atoms with Crippen molar-refractivity contribution in [3.05, 3.63) is 35.4 Å². The molecule has 0 saturated heterocycles. The van der Waals surface area contributed by atoms with Crippen LogP contribution in [0.5, 0.6) is 0 Å². The zero-order valence-electron chi connectivity index (χ0n) is 11.6. The quantitative estimate of drug-likeness (QED) is 0.503. The number of benzene rings is 1. The molecule has 0 atom stereocenters. The zero-order valence-corrected chi connectivity index (χ0v) is 11.6. The van der Waals surface area contributed by atoms with Crippen LogP contribution < -0.4 is 0 Å². The van der Waals surface area contributed by atoms with Crippen molar-refractivity contribution >= 4 is 0 Å². The van der Waals surface area contributed by atoms with Gasteiger partial charge in [-0.05, 0) is 42.9 Å². The van der Waals surface area contributed by atoms with E-state index in [1.54, 1.807) is 0 Å². The molecule has 1 rings (SSSR count). The maximum absolute atomic E-state index is 3.44. The van der Waals surface area contributed by atoms with E-state index in [0.717, 1.165) is 0 Å². The molecule has 0 unspecified atom stereocenters. The fraction of sp³-hybridized carbons (Fsp3) is 0.647. The molecule has 1 aromatic rings. The van der Waals surface area contributed by atoms with Crippen LogP contribution in [0.4, 0.5) is 0 Å². The molecule has 95 valence electrons. The third-order valence-corrected chi connectivity index (χ3v) is 3.37. The molecule has 0 aliphatic heterocycles. The average molecular weight is 231 g/mol. The topological polar surface area (TPSA) is 0 Å². The minimum atomic E-state index is 1.22. The first kappa shape index (κ1) is 14.3. The Morgan fingerprint density at radius 2 is 1.59 bits per heavy atom. The van der Waals surface area contributed by atoms with Crippen LogP contribution in [0.15, 0.2) is 18.2 Å². The van der Waals surface area contributed by atoms with Gasteiger partial charge in [-0.3, -0.25) is 0 Å². The van der Waals surface area contributed by atoms with E-state index in [-0.39, 0.29) is 0 Å². The van der Waals surface area contributed by atoms with Gasteiger partial charge in [-0.1, -0.05) is 64.2 Å². The summed E-state index contributed by atoms with van der Waals surface area (Å²) in [6, 6.07) is 9.94. The second-order valence-corrected chi connectivity index (χ2v) is 4.94. The summed E-state index contributed by atoms with van der Waals surface area (Å²) in [5.41, 5.74) is 3.01. The third-order valence-electron chi connectivity index (χ3n) is 3.37. The van der Waals surface area contributed by atoms with Crippen LogP contribution in [0.3, 0.4) is 0 Å². The van der Waals surface area contributed by atoms with Gasteiger partial charge in [0.15, 0.2) is 0 Å². The fourth-order valence-electron chi connectivity index (χ4n) is 2.27. The summed E-state index contributed by atoms with van der Waals surface area (Å²) in [5, 5.41) is 0. The molecule has 0 heteroatoms. The van der Waals surface area contributed by atoms with E-state index in [4.69, 9.17) is 0 Å². The average Bonchev–Trinajstić information content (AvgIpc) is 2.36. The van der Waals surface area contributed by atoms with Gasteiger partial charge in [0.2, 0.25) is 0 Å². The monoisotopic (exact) mass is 231 g/mol. The van der Waals surface area contributed by atoms with Gasteiger partial charge in [0.05, 0.1) is 0 Å². The van der Waals surface area contributed by atoms with Crippen molar-refractivity contribution in [3.63, 3.8) is 0 Å². The Hall–Kier alpha value is -0.780. The van der Waals surface area contributed by atoms with E-state index in [1.807, 2.05) is 0 Å². The molecule has 0 N–H and O–H groups in total. The Kier molecular flexibility index (Phi) is 7.79. The highest BCUT2D eigenvalue weighted by Gasteiger charge is 2.01. The SMILES string of the molecule is CCCCCCc1[c]cccc1CCCCC. The van der Waals surface area contributed by atoms with Crippen molar-refractivity contribution in [1.29, 1.82) is 0 Å². The number of aryl methyl sites for hydroxylation is 2. The Morgan fingerprint density at radius 1 is 0.882 bits per heavy atom. The molecular formula is C17H27. The summed E-state index contributed by atoms with van der Waals surface area (Å²) in [6.45, 7) is 4.54. The lowest BCUT2D eigenvalue weighted by molar-refractivity contribution is 0.659. The number of hydrogen-bond donors (Lipinski definition) is 0. The summed E-state index contributed by atoms with van der Waals surface area (Å²) >= 11 is 0. The Morgan fingerprint density at radius 3 is 2.35 bits per heavy atom. The number of hydrogen-bond acceptors (Lipinski definition) is 0. The van der Waals surface area contributed by atoms with Gasteiger partial charge in [-0.2, -0.15) is 0 Å². The molecule has 0 aliphatic carbocycles. The lowest BCUT2D eigenvalue weighted by Crippen LogP contribution is -1.95. The van der Waals surface area contributed by atoms with Crippen LogP contribution in [0.2, 0.25) is 0 Å². The zero-order chi connectivity index (χ0) is 12.3. The van der Waals surface area contributed by atoms with Crippen LogP contribution in [0.1, 0.15) is 69.9 Å². The summed E-state index contributed by atoms with van der Waals surface area (Å²) in [6.07, 6.45) is 11.8. The van der Waals surface area contributed by atoms with Gasteiger partial charge in [0, 0.05) is 0 Å². The second-order valence-electron chi connectivity index (χ2n) is 4.94. The van der Waals surface area contributed by atoms with Crippen LogP contribution in [0, 0.1) is 6.07 Å². The van der Waals surface area contributed by atoms with E-state index < -0.39 is 0 Å². The van der Waals surface area contributed by atoms with Crippen molar-refractivity contribution < 1.29 is 0 Å². The van der Waals surface area contributed by atoms with E-state index in [1.165, 1.54) is 68.9 Å². The molecule has 0 spiro atoms. The van der Waals surface area contributed by atoms with Crippen molar-refractivity contribution in [2.45, 2.75) is 71.6 Å². The lowest BCUT2D eigenvalue weighted by Gasteiger charge is -2.08. The van der Waals surface area contributed by atoms with Crippen molar-refractivity contribution in [3.8, 4) is 0 Å². The number of unbranched alkanes of at least 4 members (excludes halogenated alkanes) is 5. The molecule has 17 heavy (non-hydrogen) atoms. The molecular weight excluding hydrogens is 204 g/mol. The minimum absolute atomic E-state index is 1.22. The highest BCUT2D eigenvalue weighted by Crippen LogP contribution is 2.15. The third kappa shape index (κ3) is 5.91. The number of rotatable bonds is 9. The molecule has 0 aliphatic rings. The van der Waals surface area contributed by atoms with E-state index in [2.05, 4.69) is 38.1 Å². The van der Waals surface area contributed by atoms with Gasteiger partial charge in [0.25, 0.3) is 0 Å². The highest BCUT2D eigenvalue weighted by atomic mass is 14.1. The Balaban J connectivity index is 2.40. The Labute approximate surface area is 107 Å². The molecule has 0 fully saturated rings. The standard InChI is InChI=1S/C17H27/c1-3-5-7-9-13-17-15-11-10-14-16(17)12-8-6-4-2/h10-11,14H,3-9,12-13H2,1-2H3. The largest absolute Gasteiger partial charge is 0.0654 e. The first-order valence-electron chi connectivity index (χ1n) is 7.37. The first-order valence-corrected chi connectivity index (χ1v) is 7.37. The fourth-order valence-corrected chi connectivity index (χ4v) is 2.27. The van der Waals surface area contributed by atoms with Crippen LogP contribution >= 0.6 is 0 Å². The summed E-state index contributed by atoms with van der Waals surface area (Å²) in [4.78, 5) is 0. The van der Waals surface area contributed by atoms with Crippen molar-refractivity contribution in [2.75, 3.05) is 0 Å². The van der Waals surface area contributed by atoms with Gasteiger partial charge < -0.3 is 0 Å². The summed E-state index contributed by atoms with van der Waals surface area (Å²) < 4.78 is 0. The van der Waals surface area contributed by atoms with E-state index in [9.17, 15) is 0 Å². The van der Waals surface area contributed by atoms with Crippen molar-refractivity contribution in [2.24, 2.45) is 0 Å². The van der Waals surface area contributed by atoms with Crippen LogP contribution in [-0.2, 0) is 12.8 Å². The molecule has 0 heterocycles. The lowest BCUT2D eigenvalue weighted by atomic mass is 9.97. The maximum Gasteiger partial charge on any atom is -0.0146 e. The predicted octanol–water partition coefficient (Wildman–Crippen LogP) is 5.34. The minimum Gasteiger partial charge on any atom is -0.0654 e. The normalized spacial score (nSPS) is 10.7. The first-order chi connectivity index (χ1) is 8.38. The maximum atomic E-state index is 3.44. The van der Waals surface area contributed by atoms with Gasteiger partial charge >= 0.3 is 0 Å². The molecule has 1 radical (unpaired) electrons. The summed E-state index contributed by atoms with van der Waals surface area (Å²) in [5.74, 6) is 0. The Bertz CT molecular complexity index is 288. The predicted molar refractivity (Wildman–Crippen MR) is 76.4 cm³/mol. The molecule has 0 saturated carbocycles. The highest BCUT2D eigenvalue weighted by molar-refractivity contribution is 5.26. The van der Waals surface area contributed by atoms with Crippen LogP contribution in [0.25, 0.3) is 0 Å². The molecule has 0 bridgehead atoms. The molecule has 0 nitrogen and oxygen atoms in total. The second kappa shape index (κ2) is 9.27. The van der Waals surface area contributed by atoms with Gasteiger partial charge in [-0.25, -0.2) is 0 Å². The molecule has 1 aromatic carbocycles. The van der Waals surface area contributed by atoms with Crippen molar-refractivity contribution in [1.82, 2.24) is 0 Å². The molecule has 0 aromatic heterocycles. The smallest absolute Gasteiger partial charge is 0.0146 e. The van der Waals surface area contributed by atoms with Crippen LogP contribution in [-0.4, -0.2) is 0 Å². The summed E-state index contributed by atoms with van der Waals surface area (Å²) in [7, 11) is 0. The van der Waals surface area contributed by atoms with Gasteiger partial charge in [-0.15, -0.1) is 0 Å².